The van der Waals surface area contributed by atoms with Crippen LogP contribution in [0.25, 0.3) is 40.0 Å². The fraction of sp³-hybridized carbons (Fsp3) is 0.0625. The molecule has 264 valence electrons. The van der Waals surface area contributed by atoms with Crippen LogP contribution in [0.3, 0.4) is 0 Å². The van der Waals surface area contributed by atoms with Gasteiger partial charge in [0.25, 0.3) is 11.4 Å². The monoisotopic (exact) mass is 854 g/mol. The first kappa shape index (κ1) is 36.5. The summed E-state index contributed by atoms with van der Waals surface area (Å²) < 4.78 is 24.4. The summed E-state index contributed by atoms with van der Waals surface area (Å²) in [6, 6.07) is 20.2. The number of benzene rings is 4. The zero-order chi connectivity index (χ0) is 36.9. The van der Waals surface area contributed by atoms with Gasteiger partial charge in [0, 0.05) is 35.0 Å². The third-order valence-corrected chi connectivity index (χ3v) is 8.79. The molecule has 8 rings (SSSR count). The van der Waals surface area contributed by atoms with Crippen molar-refractivity contribution in [2.24, 2.45) is 0 Å². The number of fused-ring (bicyclic) bond motifs is 4. The van der Waals surface area contributed by atoms with Crippen LogP contribution in [0.15, 0.2) is 78.8 Å². The van der Waals surface area contributed by atoms with Crippen molar-refractivity contribution in [3.8, 4) is 23.0 Å². The van der Waals surface area contributed by atoms with Crippen LogP contribution in [-0.4, -0.2) is 59.0 Å². The molecule has 2 aromatic heterocycles. The summed E-state index contributed by atoms with van der Waals surface area (Å²) in [6.45, 7) is 0.473. The summed E-state index contributed by atoms with van der Waals surface area (Å²) in [6.07, 6.45) is 5.32. The van der Waals surface area contributed by atoms with Gasteiger partial charge in [-0.25, -0.2) is 8.17 Å². The molecule has 0 spiro atoms. The van der Waals surface area contributed by atoms with Crippen molar-refractivity contribution < 1.29 is 38.8 Å². The fourth-order valence-corrected chi connectivity index (χ4v) is 6.28. The Balaban J connectivity index is 0.000000143. The van der Waals surface area contributed by atoms with Gasteiger partial charge in [-0.2, -0.15) is 10.2 Å². The lowest BCUT2D eigenvalue weighted by Gasteiger charge is -1.97. The average molecular weight is 854 g/mol. The van der Waals surface area contributed by atoms with E-state index in [1.54, 1.807) is 30.3 Å². The number of halogens is 1. The maximum absolute atomic E-state index is 10.9. The maximum atomic E-state index is 10.9. The molecule has 2 aliphatic heterocycles. The largest absolute Gasteiger partial charge is 0.480 e. The molecule has 0 saturated heterocycles. The lowest BCUT2D eigenvalue weighted by Crippen LogP contribution is -2.05. The van der Waals surface area contributed by atoms with Crippen LogP contribution in [0.1, 0.15) is 16.8 Å². The highest BCUT2D eigenvalue weighted by molar-refractivity contribution is 14.1. The highest BCUT2D eigenvalue weighted by Gasteiger charge is 2.16. The summed E-state index contributed by atoms with van der Waals surface area (Å²) in [5, 5.41) is 48.6. The molecule has 0 bridgehead atoms. The van der Waals surface area contributed by atoms with E-state index in [-0.39, 0.29) is 25.0 Å². The van der Waals surface area contributed by atoms with Gasteiger partial charge in [-0.05, 0) is 102 Å². The van der Waals surface area contributed by atoms with Gasteiger partial charge in [-0.15, -0.1) is 0 Å². The van der Waals surface area contributed by atoms with E-state index in [9.17, 15) is 20.2 Å². The number of ether oxygens (including phenoxy) is 4. The van der Waals surface area contributed by atoms with E-state index in [4.69, 9.17) is 29.0 Å². The number of non-ortho nitro benzene ring substituents is 2. The number of aromatic nitrogens is 4. The second-order valence-corrected chi connectivity index (χ2v) is 12.5. The maximum Gasteiger partial charge on any atom is 0.480 e. The first-order chi connectivity index (χ1) is 25.0. The Hall–Kier alpha value is -5.29. The van der Waals surface area contributed by atoms with Crippen LogP contribution in [0.4, 0.5) is 11.4 Å². The average Bonchev–Trinajstić information content (AvgIpc) is 3.92. The SMILES string of the molecule is O=[N+]([O-])c1ccc2c(/C=C/c3ccc4c(c3)OCO4)nn(S)c2c1.O=[N+]([O-])c1ccc2c(I)nn(S)c2c1.OB(O)/C=C/c1ccc2c(c1)OCO2. The molecule has 0 unspecified atom stereocenters. The molecule has 52 heavy (non-hydrogen) atoms. The van der Waals surface area contributed by atoms with Gasteiger partial charge in [0.05, 0.1) is 26.6 Å². The highest BCUT2D eigenvalue weighted by Crippen LogP contribution is 2.34. The normalized spacial score (nSPS) is 12.6. The van der Waals surface area contributed by atoms with Crippen molar-refractivity contribution in [2.45, 2.75) is 0 Å². The molecule has 6 aromatic rings. The molecular formula is C32H24BIN6O10S2. The van der Waals surface area contributed by atoms with Crippen molar-refractivity contribution in [3.05, 3.63) is 120 Å². The Morgan fingerprint density at radius 1 is 0.692 bits per heavy atom. The number of hydrogen-bond donors (Lipinski definition) is 4. The first-order valence-corrected chi connectivity index (χ1v) is 16.7. The van der Waals surface area contributed by atoms with E-state index in [1.807, 2.05) is 36.4 Å². The predicted molar refractivity (Wildman–Crippen MR) is 208 cm³/mol. The molecule has 4 heterocycles. The third kappa shape index (κ3) is 8.42. The lowest BCUT2D eigenvalue weighted by atomic mass is 9.91. The molecule has 20 heteroatoms. The fourth-order valence-electron chi connectivity index (χ4n) is 4.92. The number of thiol groups is 2. The molecule has 0 amide bonds. The molecule has 0 atom stereocenters. The van der Waals surface area contributed by atoms with Crippen LogP contribution in [0.2, 0.25) is 0 Å². The smallest absolute Gasteiger partial charge is 0.454 e. The summed E-state index contributed by atoms with van der Waals surface area (Å²) in [4.78, 5) is 20.5. The van der Waals surface area contributed by atoms with Crippen LogP contribution >= 0.6 is 48.2 Å². The van der Waals surface area contributed by atoms with Crippen molar-refractivity contribution >= 4 is 107 Å². The first-order valence-electron chi connectivity index (χ1n) is 14.9. The zero-order valence-electron chi connectivity index (χ0n) is 26.3. The molecule has 0 radical (unpaired) electrons. The molecule has 16 nitrogen and oxygen atoms in total. The second kappa shape index (κ2) is 15.9. The summed E-state index contributed by atoms with van der Waals surface area (Å²) in [7, 11) is -1.43. The van der Waals surface area contributed by atoms with Crippen molar-refractivity contribution in [2.75, 3.05) is 13.6 Å². The summed E-state index contributed by atoms with van der Waals surface area (Å²) in [5.74, 6) is 4.10. The quantitative estimate of drug-likeness (QED) is 0.0486. The van der Waals surface area contributed by atoms with Gasteiger partial charge >= 0.3 is 7.12 Å². The number of nitro benzene ring substituents is 2. The topological polar surface area (TPSA) is 199 Å². The van der Waals surface area contributed by atoms with Crippen molar-refractivity contribution in [1.82, 2.24) is 18.4 Å². The zero-order valence-corrected chi connectivity index (χ0v) is 30.3. The summed E-state index contributed by atoms with van der Waals surface area (Å²) >= 11 is 10.4. The molecule has 2 N–H and O–H groups in total. The molecule has 2 aliphatic rings. The standard InChI is InChI=1S/C16H11N3O4S.C9H9BO4.C7H4IN3O2S/c20-19(21)11-3-4-12-13(17-18(24)14(12)8-11)5-1-10-2-6-15-16(7-10)23-9-22-15;11-10(12)4-3-7-1-2-8-9(5-7)14-6-13-8;8-7-5-2-1-4(11(12)13)3-6(5)10(14)9-7/h1-8,24H,9H2;1-5,11-12H,6H2;1-3,14H/b5-1+;4-3+;. The Labute approximate surface area is 318 Å². The molecular weight excluding hydrogens is 830 g/mol. The van der Waals surface area contributed by atoms with Gasteiger partial charge in [0.2, 0.25) is 13.6 Å². The predicted octanol–water partition coefficient (Wildman–Crippen LogP) is 6.22. The van der Waals surface area contributed by atoms with Gasteiger partial charge in [0.1, 0.15) is 3.70 Å². The van der Waals surface area contributed by atoms with Gasteiger partial charge in [0.15, 0.2) is 23.0 Å². The molecule has 0 fully saturated rings. The molecule has 0 saturated carbocycles. The minimum Gasteiger partial charge on any atom is -0.454 e. The Morgan fingerprint density at radius 3 is 1.75 bits per heavy atom. The second-order valence-electron chi connectivity index (χ2n) is 10.7. The van der Waals surface area contributed by atoms with E-state index < -0.39 is 17.0 Å². The molecule has 0 aliphatic carbocycles. The van der Waals surface area contributed by atoms with Crippen LogP contribution < -0.4 is 18.9 Å². The van der Waals surface area contributed by atoms with E-state index in [2.05, 4.69) is 58.4 Å². The van der Waals surface area contributed by atoms with Crippen LogP contribution in [-0.2, 0) is 0 Å². The Morgan fingerprint density at radius 2 is 1.19 bits per heavy atom. The van der Waals surface area contributed by atoms with Crippen molar-refractivity contribution in [3.63, 3.8) is 0 Å². The van der Waals surface area contributed by atoms with Gasteiger partial charge in [-0.3, -0.25) is 20.2 Å². The van der Waals surface area contributed by atoms with Crippen molar-refractivity contribution in [1.29, 1.82) is 0 Å². The molecule has 4 aromatic carbocycles. The number of hydrogen-bond acceptors (Lipinski definition) is 14. The van der Waals surface area contributed by atoms with E-state index in [0.717, 1.165) is 31.3 Å². The number of nitro groups is 2. The third-order valence-electron chi connectivity index (χ3n) is 7.39. The van der Waals surface area contributed by atoms with Gasteiger partial charge in [-0.1, -0.05) is 30.3 Å². The lowest BCUT2D eigenvalue weighted by molar-refractivity contribution is -0.384. The van der Waals surface area contributed by atoms with Crippen LogP contribution in [0.5, 0.6) is 23.0 Å². The Bertz CT molecular complexity index is 2390. The summed E-state index contributed by atoms with van der Waals surface area (Å²) in [5.41, 5.74) is 3.72. The minimum absolute atomic E-state index is 0.00370. The van der Waals surface area contributed by atoms with E-state index in [1.165, 1.54) is 38.4 Å². The Kier molecular flexibility index (Phi) is 11.2. The number of rotatable bonds is 6. The van der Waals surface area contributed by atoms with Gasteiger partial charge < -0.3 is 29.0 Å². The highest BCUT2D eigenvalue weighted by atomic mass is 127. The van der Waals surface area contributed by atoms with Crippen LogP contribution in [0, 0.1) is 23.9 Å². The number of nitrogens with zero attached hydrogens (tertiary/aromatic N) is 6. The van der Waals surface area contributed by atoms with E-state index >= 15 is 0 Å². The van der Waals surface area contributed by atoms with E-state index in [0.29, 0.717) is 34.0 Å². The minimum atomic E-state index is -1.43.